The number of carbonyl (C=O) groups excluding carboxylic acids is 1. The molecule has 6 heteroatoms. The molecule has 0 saturated heterocycles. The largest absolute Gasteiger partial charge is 0.481 e. The van der Waals surface area contributed by atoms with Gasteiger partial charge in [-0.3, -0.25) is 9.59 Å². The molecule has 5 nitrogen and oxygen atoms in total. The van der Waals surface area contributed by atoms with Gasteiger partial charge < -0.3 is 9.84 Å². The quantitative estimate of drug-likeness (QED) is 0.426. The molecule has 1 unspecified atom stereocenters. The summed E-state index contributed by atoms with van der Waals surface area (Å²) in [6.07, 6.45) is 0.913. The minimum absolute atomic E-state index is 0.0132. The summed E-state index contributed by atoms with van der Waals surface area (Å²) >= 11 is 3.54. The van der Waals surface area contributed by atoms with Crippen LogP contribution in [-0.2, 0) is 19.7 Å². The van der Waals surface area contributed by atoms with E-state index in [1.54, 1.807) is 0 Å². The standard InChI is InChI=1S/C22H18BrNO4/c23-15-5-6-16-17(12-15)22(8-7-20(26)27,9-10-28-13-25)18-11-14-3-1-2-4-19(14)24-21(16)18/h1-6,11-13H,7-10H2,(H,26,27). The summed E-state index contributed by atoms with van der Waals surface area (Å²) < 4.78 is 5.93. The SMILES string of the molecule is O=COCCC1(CCC(=O)O)c2cc(Br)ccc2-c2nc3ccccc3cc21. The zero-order valence-electron chi connectivity index (χ0n) is 15.0. The van der Waals surface area contributed by atoms with Crippen LogP contribution < -0.4 is 0 Å². The lowest BCUT2D eigenvalue weighted by atomic mass is 9.72. The van der Waals surface area contributed by atoms with Gasteiger partial charge in [-0.15, -0.1) is 0 Å². The lowest BCUT2D eigenvalue weighted by Crippen LogP contribution is -2.28. The first-order valence-corrected chi connectivity index (χ1v) is 9.82. The highest BCUT2D eigenvalue weighted by Crippen LogP contribution is 2.53. The van der Waals surface area contributed by atoms with Gasteiger partial charge in [0.2, 0.25) is 0 Å². The molecule has 28 heavy (non-hydrogen) atoms. The van der Waals surface area contributed by atoms with Crippen LogP contribution >= 0.6 is 15.9 Å². The molecule has 142 valence electrons. The summed E-state index contributed by atoms with van der Waals surface area (Å²) in [5, 5.41) is 10.4. The molecule has 1 aromatic heterocycles. The molecule has 0 amide bonds. The number of carbonyl (C=O) groups is 2. The zero-order chi connectivity index (χ0) is 19.7. The Morgan fingerprint density at radius 2 is 1.96 bits per heavy atom. The molecule has 3 aromatic rings. The van der Waals surface area contributed by atoms with Crippen LogP contribution in [0.15, 0.2) is 53.0 Å². The summed E-state index contributed by atoms with van der Waals surface area (Å²) in [5.74, 6) is -0.852. The minimum Gasteiger partial charge on any atom is -0.481 e. The van der Waals surface area contributed by atoms with Crippen molar-refractivity contribution in [1.29, 1.82) is 0 Å². The molecule has 1 atom stereocenters. The molecule has 1 N–H and O–H groups in total. The van der Waals surface area contributed by atoms with Crippen LogP contribution in [0.3, 0.4) is 0 Å². The highest BCUT2D eigenvalue weighted by atomic mass is 79.9. The first kappa shape index (κ1) is 18.6. The average Bonchev–Trinajstić information content (AvgIpc) is 2.94. The Kier molecular flexibility index (Phi) is 4.89. The highest BCUT2D eigenvalue weighted by molar-refractivity contribution is 9.10. The number of para-hydroxylation sites is 1. The topological polar surface area (TPSA) is 76.5 Å². The summed E-state index contributed by atoms with van der Waals surface area (Å²) in [7, 11) is 0. The molecule has 1 heterocycles. The van der Waals surface area contributed by atoms with E-state index < -0.39 is 11.4 Å². The van der Waals surface area contributed by atoms with Gasteiger partial charge in [0.05, 0.1) is 17.8 Å². The van der Waals surface area contributed by atoms with Crippen molar-refractivity contribution in [3.63, 3.8) is 0 Å². The van der Waals surface area contributed by atoms with E-state index in [1.165, 1.54) is 0 Å². The van der Waals surface area contributed by atoms with Gasteiger partial charge in [-0.05, 0) is 48.2 Å². The van der Waals surface area contributed by atoms with Crippen LogP contribution in [0.1, 0.15) is 30.4 Å². The van der Waals surface area contributed by atoms with E-state index in [0.29, 0.717) is 19.3 Å². The second-order valence-electron chi connectivity index (χ2n) is 6.96. The number of aliphatic carboxylic acids is 1. The fourth-order valence-electron chi connectivity index (χ4n) is 4.22. The Labute approximate surface area is 170 Å². The number of aromatic nitrogens is 1. The number of nitrogens with zero attached hydrogens (tertiary/aromatic N) is 1. The van der Waals surface area contributed by atoms with Crippen molar-refractivity contribution in [1.82, 2.24) is 4.98 Å². The number of fused-ring (bicyclic) bond motifs is 4. The maximum atomic E-state index is 11.4. The van der Waals surface area contributed by atoms with Gasteiger partial charge in [0.15, 0.2) is 0 Å². The first-order chi connectivity index (χ1) is 13.5. The van der Waals surface area contributed by atoms with Gasteiger partial charge in [-0.2, -0.15) is 0 Å². The summed E-state index contributed by atoms with van der Waals surface area (Å²) in [6, 6.07) is 16.0. The summed E-state index contributed by atoms with van der Waals surface area (Å²) in [4.78, 5) is 27.1. The van der Waals surface area contributed by atoms with Gasteiger partial charge >= 0.3 is 5.97 Å². The number of hydrogen-bond donors (Lipinski definition) is 1. The number of carboxylic acids is 1. The van der Waals surface area contributed by atoms with E-state index in [0.717, 1.165) is 37.8 Å². The normalized spacial score (nSPS) is 17.2. The summed E-state index contributed by atoms with van der Waals surface area (Å²) in [5.41, 5.74) is 4.21. The molecule has 0 bridgehead atoms. The van der Waals surface area contributed by atoms with Crippen LogP contribution in [0.25, 0.3) is 22.2 Å². The summed E-state index contributed by atoms with van der Waals surface area (Å²) in [6.45, 7) is 0.641. The Balaban J connectivity index is 1.97. The molecule has 0 saturated carbocycles. The van der Waals surface area contributed by atoms with E-state index >= 15 is 0 Å². The Morgan fingerprint density at radius 1 is 1.14 bits per heavy atom. The van der Waals surface area contributed by atoms with Crippen molar-refractivity contribution in [2.24, 2.45) is 0 Å². The van der Waals surface area contributed by atoms with Crippen molar-refractivity contribution in [3.8, 4) is 11.3 Å². The van der Waals surface area contributed by atoms with E-state index in [1.807, 2.05) is 42.5 Å². The Morgan fingerprint density at radius 3 is 2.75 bits per heavy atom. The fourth-order valence-corrected chi connectivity index (χ4v) is 4.58. The maximum Gasteiger partial charge on any atom is 0.303 e. The molecule has 0 spiro atoms. The van der Waals surface area contributed by atoms with Crippen molar-refractivity contribution in [3.05, 3.63) is 64.1 Å². The number of hydrogen-bond acceptors (Lipinski definition) is 4. The smallest absolute Gasteiger partial charge is 0.303 e. The average molecular weight is 440 g/mol. The molecule has 0 aliphatic heterocycles. The number of benzene rings is 2. The Hall–Kier alpha value is -2.73. The number of carboxylic acid groups (broad SMARTS) is 1. The molecular formula is C22H18BrNO4. The Bertz CT molecular complexity index is 1080. The van der Waals surface area contributed by atoms with Crippen LogP contribution in [0.2, 0.25) is 0 Å². The van der Waals surface area contributed by atoms with Crippen molar-refractivity contribution in [2.45, 2.75) is 24.7 Å². The highest BCUT2D eigenvalue weighted by Gasteiger charge is 2.44. The zero-order valence-corrected chi connectivity index (χ0v) is 16.6. The maximum absolute atomic E-state index is 11.4. The van der Waals surface area contributed by atoms with Gasteiger partial charge in [-0.25, -0.2) is 4.98 Å². The third kappa shape index (κ3) is 3.07. The molecular weight excluding hydrogens is 422 g/mol. The van der Waals surface area contributed by atoms with E-state index in [2.05, 4.69) is 22.0 Å². The van der Waals surface area contributed by atoms with Crippen LogP contribution in [0.4, 0.5) is 0 Å². The van der Waals surface area contributed by atoms with Crippen molar-refractivity contribution < 1.29 is 19.4 Å². The molecule has 0 fully saturated rings. The van der Waals surface area contributed by atoms with Gasteiger partial charge in [0, 0.05) is 27.3 Å². The molecule has 0 radical (unpaired) electrons. The van der Waals surface area contributed by atoms with Crippen LogP contribution in [0, 0.1) is 0 Å². The van der Waals surface area contributed by atoms with Crippen molar-refractivity contribution >= 4 is 39.3 Å². The second-order valence-corrected chi connectivity index (χ2v) is 7.88. The fraction of sp³-hybridized carbons (Fsp3) is 0.227. The van der Waals surface area contributed by atoms with Crippen molar-refractivity contribution in [2.75, 3.05) is 6.61 Å². The van der Waals surface area contributed by atoms with Gasteiger partial charge in [-0.1, -0.05) is 40.2 Å². The second kappa shape index (κ2) is 7.36. The predicted molar refractivity (Wildman–Crippen MR) is 109 cm³/mol. The third-order valence-electron chi connectivity index (χ3n) is 5.47. The van der Waals surface area contributed by atoms with E-state index in [9.17, 15) is 14.7 Å². The van der Waals surface area contributed by atoms with Gasteiger partial charge in [0.1, 0.15) is 0 Å². The first-order valence-electron chi connectivity index (χ1n) is 9.03. The van der Waals surface area contributed by atoms with E-state index in [-0.39, 0.29) is 13.0 Å². The molecule has 1 aliphatic rings. The number of pyridine rings is 1. The van der Waals surface area contributed by atoms with Crippen LogP contribution in [0.5, 0.6) is 0 Å². The molecule has 4 rings (SSSR count). The lowest BCUT2D eigenvalue weighted by Gasteiger charge is -2.31. The number of halogens is 1. The predicted octanol–water partition coefficient (Wildman–Crippen LogP) is 4.69. The molecule has 2 aromatic carbocycles. The van der Waals surface area contributed by atoms with Gasteiger partial charge in [0.25, 0.3) is 6.47 Å². The number of rotatable bonds is 7. The third-order valence-corrected chi connectivity index (χ3v) is 5.97. The molecule has 1 aliphatic carbocycles. The van der Waals surface area contributed by atoms with Crippen LogP contribution in [-0.4, -0.2) is 29.1 Å². The monoisotopic (exact) mass is 439 g/mol. The van der Waals surface area contributed by atoms with E-state index in [4.69, 9.17) is 9.72 Å². The number of ether oxygens (including phenoxy) is 1. The lowest BCUT2D eigenvalue weighted by molar-refractivity contribution is -0.137. The minimum atomic E-state index is -0.852.